The number of fused-ring (bicyclic) bond motifs is 1. The minimum absolute atomic E-state index is 0.0764. The fraction of sp³-hybridized carbons (Fsp3) is 0.143. The molecular weight excluding hydrogens is 213 g/mol. The maximum atomic E-state index is 11.9. The van der Waals surface area contributed by atoms with E-state index in [9.17, 15) is 13.2 Å². The molecule has 8 heteroatoms. The van der Waals surface area contributed by atoms with Gasteiger partial charge in [0.1, 0.15) is 5.82 Å². The molecule has 2 N–H and O–H groups in total. The van der Waals surface area contributed by atoms with Crippen LogP contribution in [0.3, 0.4) is 0 Å². The van der Waals surface area contributed by atoms with Gasteiger partial charge in [-0.3, -0.25) is 0 Å². The number of aromatic nitrogens is 3. The topological polar surface area (TPSA) is 65.4 Å². The summed E-state index contributed by atoms with van der Waals surface area (Å²) in [5, 5.41) is 3.63. The molecule has 0 fully saturated rings. The maximum Gasteiger partial charge on any atom is 0.574 e. The third kappa shape index (κ3) is 1.92. The van der Waals surface area contributed by atoms with Gasteiger partial charge in [0.05, 0.1) is 6.20 Å². The minimum atomic E-state index is -4.78. The lowest BCUT2D eigenvalue weighted by molar-refractivity contribution is -0.276. The molecule has 0 aromatic carbocycles. The van der Waals surface area contributed by atoms with Crippen LogP contribution in [-0.2, 0) is 0 Å². The normalized spacial score (nSPS) is 11.9. The monoisotopic (exact) mass is 218 g/mol. The van der Waals surface area contributed by atoms with Crippen molar-refractivity contribution >= 4 is 11.5 Å². The van der Waals surface area contributed by atoms with Gasteiger partial charge < -0.3 is 10.5 Å². The fourth-order valence-electron chi connectivity index (χ4n) is 1.05. The van der Waals surface area contributed by atoms with Crippen LogP contribution in [-0.4, -0.2) is 21.0 Å². The third-order valence-corrected chi connectivity index (χ3v) is 1.57. The van der Waals surface area contributed by atoms with Gasteiger partial charge in [0.25, 0.3) is 0 Å². The smallest absolute Gasteiger partial charge is 0.386 e. The molecule has 0 aliphatic heterocycles. The van der Waals surface area contributed by atoms with Crippen LogP contribution in [0.25, 0.3) is 5.65 Å². The summed E-state index contributed by atoms with van der Waals surface area (Å²) < 4.78 is 40.3. The Morgan fingerprint density at radius 2 is 2.07 bits per heavy atom. The Bertz CT molecular complexity index is 492. The summed E-state index contributed by atoms with van der Waals surface area (Å²) in [4.78, 5) is 3.66. The van der Waals surface area contributed by atoms with Crippen molar-refractivity contribution in [2.45, 2.75) is 6.36 Å². The Kier molecular flexibility index (Phi) is 1.92. The van der Waals surface area contributed by atoms with Gasteiger partial charge in [-0.05, 0) is 12.1 Å². The number of hydrogen-bond acceptors (Lipinski definition) is 4. The van der Waals surface area contributed by atoms with E-state index in [0.717, 1.165) is 10.7 Å². The van der Waals surface area contributed by atoms with E-state index in [1.165, 1.54) is 12.1 Å². The summed E-state index contributed by atoms with van der Waals surface area (Å²) in [7, 11) is 0. The largest absolute Gasteiger partial charge is 0.574 e. The molecule has 80 valence electrons. The third-order valence-electron chi connectivity index (χ3n) is 1.57. The number of nitrogens with two attached hydrogens (primary N) is 1. The van der Waals surface area contributed by atoms with Gasteiger partial charge in [-0.15, -0.1) is 18.3 Å². The van der Waals surface area contributed by atoms with Crippen molar-refractivity contribution in [3.8, 4) is 5.88 Å². The van der Waals surface area contributed by atoms with Crippen molar-refractivity contribution in [3.05, 3.63) is 18.3 Å². The molecule has 0 saturated heterocycles. The predicted octanol–water partition coefficient (Wildman–Crippen LogP) is 1.21. The summed E-state index contributed by atoms with van der Waals surface area (Å²) in [5.74, 6) is -0.447. The zero-order valence-corrected chi connectivity index (χ0v) is 7.19. The van der Waals surface area contributed by atoms with Crippen molar-refractivity contribution in [2.24, 2.45) is 0 Å². The zero-order chi connectivity index (χ0) is 11.1. The second-order valence-corrected chi connectivity index (χ2v) is 2.67. The lowest BCUT2D eigenvalue weighted by Gasteiger charge is -2.06. The number of alkyl halides is 3. The van der Waals surface area contributed by atoms with Crippen LogP contribution >= 0.6 is 0 Å². The zero-order valence-electron chi connectivity index (χ0n) is 7.19. The van der Waals surface area contributed by atoms with Gasteiger partial charge in [0, 0.05) is 0 Å². The van der Waals surface area contributed by atoms with Gasteiger partial charge in [-0.2, -0.15) is 4.52 Å². The van der Waals surface area contributed by atoms with Crippen molar-refractivity contribution in [3.63, 3.8) is 0 Å². The number of ether oxygens (including phenoxy) is 1. The van der Waals surface area contributed by atoms with E-state index < -0.39 is 12.2 Å². The predicted molar refractivity (Wildman–Crippen MR) is 44.1 cm³/mol. The molecule has 5 nitrogen and oxygen atoms in total. The van der Waals surface area contributed by atoms with Crippen LogP contribution in [0, 0.1) is 0 Å². The van der Waals surface area contributed by atoms with Crippen molar-refractivity contribution in [1.29, 1.82) is 0 Å². The SMILES string of the molecule is Nc1ccc2ncc(OC(F)(F)F)n2n1. The molecule has 0 atom stereocenters. The lowest BCUT2D eigenvalue weighted by Crippen LogP contribution is -2.18. The highest BCUT2D eigenvalue weighted by Gasteiger charge is 2.32. The van der Waals surface area contributed by atoms with Gasteiger partial charge in [-0.25, -0.2) is 4.98 Å². The second kappa shape index (κ2) is 3.01. The van der Waals surface area contributed by atoms with Crippen LogP contribution in [0.15, 0.2) is 18.3 Å². The van der Waals surface area contributed by atoms with Gasteiger partial charge in [0.15, 0.2) is 5.65 Å². The Morgan fingerprint density at radius 1 is 1.33 bits per heavy atom. The Balaban J connectivity index is 2.48. The van der Waals surface area contributed by atoms with E-state index in [-0.39, 0.29) is 11.5 Å². The highest BCUT2D eigenvalue weighted by molar-refractivity contribution is 5.44. The van der Waals surface area contributed by atoms with Crippen molar-refractivity contribution in [2.75, 3.05) is 5.73 Å². The van der Waals surface area contributed by atoms with E-state index in [2.05, 4.69) is 14.8 Å². The fourth-order valence-corrected chi connectivity index (χ4v) is 1.05. The number of imidazole rings is 1. The number of anilines is 1. The van der Waals surface area contributed by atoms with E-state index in [4.69, 9.17) is 5.73 Å². The van der Waals surface area contributed by atoms with Crippen LogP contribution < -0.4 is 10.5 Å². The number of nitrogen functional groups attached to an aromatic ring is 1. The van der Waals surface area contributed by atoms with Gasteiger partial charge in [-0.1, -0.05) is 0 Å². The molecule has 0 spiro atoms. The first-order chi connectivity index (χ1) is 6.96. The first-order valence-corrected chi connectivity index (χ1v) is 3.82. The van der Waals surface area contributed by atoms with E-state index >= 15 is 0 Å². The molecule has 0 bridgehead atoms. The van der Waals surface area contributed by atoms with E-state index in [1.54, 1.807) is 0 Å². The molecule has 2 heterocycles. The number of rotatable bonds is 1. The molecule has 0 unspecified atom stereocenters. The maximum absolute atomic E-state index is 11.9. The van der Waals surface area contributed by atoms with Crippen LogP contribution in [0.2, 0.25) is 0 Å². The number of halogens is 3. The molecule has 0 saturated carbocycles. The quantitative estimate of drug-likeness (QED) is 0.781. The average molecular weight is 218 g/mol. The highest BCUT2D eigenvalue weighted by atomic mass is 19.4. The molecule has 2 rings (SSSR count). The van der Waals surface area contributed by atoms with Crippen LogP contribution in [0.5, 0.6) is 5.88 Å². The molecule has 0 aliphatic carbocycles. The molecule has 0 radical (unpaired) electrons. The molecular formula is C7H5F3N4O. The average Bonchev–Trinajstić information content (AvgIpc) is 2.46. The van der Waals surface area contributed by atoms with E-state index in [1.807, 2.05) is 0 Å². The first-order valence-electron chi connectivity index (χ1n) is 3.82. The highest BCUT2D eigenvalue weighted by Crippen LogP contribution is 2.22. The Labute approximate surface area is 81.3 Å². The molecule has 15 heavy (non-hydrogen) atoms. The standard InChI is InChI=1S/C7H5F3N4O/c8-7(9,10)15-6-3-12-5-2-1-4(11)13-14(5)6/h1-3H,(H2,11,13). The van der Waals surface area contributed by atoms with E-state index in [0.29, 0.717) is 0 Å². The summed E-state index contributed by atoms with van der Waals surface area (Å²) in [5.41, 5.74) is 5.54. The first kappa shape index (κ1) is 9.56. The number of hydrogen-bond donors (Lipinski definition) is 1. The summed E-state index contributed by atoms with van der Waals surface area (Å²) in [6, 6.07) is 2.87. The summed E-state index contributed by atoms with van der Waals surface area (Å²) in [6.45, 7) is 0. The Hall–Kier alpha value is -1.99. The summed E-state index contributed by atoms with van der Waals surface area (Å²) >= 11 is 0. The molecule has 0 aliphatic rings. The van der Waals surface area contributed by atoms with Gasteiger partial charge >= 0.3 is 6.36 Å². The van der Waals surface area contributed by atoms with Crippen molar-refractivity contribution in [1.82, 2.24) is 14.6 Å². The number of nitrogens with zero attached hydrogens (tertiary/aromatic N) is 3. The minimum Gasteiger partial charge on any atom is -0.386 e. The molecule has 2 aromatic rings. The molecule has 2 aromatic heterocycles. The van der Waals surface area contributed by atoms with Crippen LogP contribution in [0.4, 0.5) is 19.0 Å². The molecule has 0 amide bonds. The lowest BCUT2D eigenvalue weighted by atomic mass is 10.5. The van der Waals surface area contributed by atoms with Crippen LogP contribution in [0.1, 0.15) is 0 Å². The second-order valence-electron chi connectivity index (χ2n) is 2.67. The van der Waals surface area contributed by atoms with Gasteiger partial charge in [0.2, 0.25) is 5.88 Å². The van der Waals surface area contributed by atoms with Crippen molar-refractivity contribution < 1.29 is 17.9 Å². The summed E-state index contributed by atoms with van der Waals surface area (Å²) in [6.07, 6.45) is -3.85. The Morgan fingerprint density at radius 3 is 2.73 bits per heavy atom.